The van der Waals surface area contributed by atoms with E-state index in [0.29, 0.717) is 29.8 Å². The van der Waals surface area contributed by atoms with Gasteiger partial charge in [0, 0.05) is 24.4 Å². The Kier molecular flexibility index (Phi) is 4.81. The molecule has 164 valence electrons. The number of para-hydroxylation sites is 1. The molecule has 0 spiro atoms. The van der Waals surface area contributed by atoms with Crippen molar-refractivity contribution >= 4 is 16.9 Å². The van der Waals surface area contributed by atoms with Crippen LogP contribution in [0.3, 0.4) is 0 Å². The zero-order valence-electron chi connectivity index (χ0n) is 17.6. The second-order valence-corrected chi connectivity index (χ2v) is 8.61. The van der Waals surface area contributed by atoms with Crippen LogP contribution in [0.5, 0.6) is 5.75 Å². The highest BCUT2D eigenvalue weighted by atomic mass is 19.3. The van der Waals surface area contributed by atoms with E-state index in [2.05, 4.69) is 27.1 Å². The number of benzene rings is 1. The summed E-state index contributed by atoms with van der Waals surface area (Å²) in [7, 11) is 0. The van der Waals surface area contributed by atoms with Gasteiger partial charge in [0.25, 0.3) is 6.43 Å². The molecular formula is C23H21F2N5O2. The molecule has 3 aromatic rings. The third kappa shape index (κ3) is 3.27. The number of amides is 1. The molecule has 1 saturated heterocycles. The molecule has 4 heterocycles. The van der Waals surface area contributed by atoms with Gasteiger partial charge in [-0.3, -0.25) is 9.78 Å². The standard InChI is InChI=1S/C23H21F2N5O2/c1-23(2,21(24)25)22(31)29-13-15-10-19(29)16-12-26-11-14(20(16)32-15)6-5-9-30-18-8-4-3-7-17(18)27-28-30/h3-4,7-8,11-12,15,19,21H,9-10,13H2,1-2H3/t15-,19-/m0/s1. The lowest BCUT2D eigenvalue weighted by Crippen LogP contribution is -2.44. The third-order valence-corrected chi connectivity index (χ3v) is 6.06. The molecule has 2 aliphatic rings. The maximum atomic E-state index is 13.5. The maximum absolute atomic E-state index is 13.5. The number of pyridine rings is 1. The second-order valence-electron chi connectivity index (χ2n) is 8.61. The van der Waals surface area contributed by atoms with E-state index in [4.69, 9.17) is 4.74 Å². The lowest BCUT2D eigenvalue weighted by molar-refractivity contribution is -0.149. The molecule has 32 heavy (non-hydrogen) atoms. The molecular weight excluding hydrogens is 416 g/mol. The Labute approximate surface area is 183 Å². The molecule has 0 N–H and O–H groups in total. The number of carbonyl (C=O) groups is 1. The molecule has 1 amide bonds. The first kappa shape index (κ1) is 20.4. The molecule has 7 nitrogen and oxygen atoms in total. The summed E-state index contributed by atoms with van der Waals surface area (Å²) >= 11 is 0. The summed E-state index contributed by atoms with van der Waals surface area (Å²) in [6.45, 7) is 3.16. The highest BCUT2D eigenvalue weighted by Gasteiger charge is 2.49. The summed E-state index contributed by atoms with van der Waals surface area (Å²) in [6.07, 6.45) is 0.798. The van der Waals surface area contributed by atoms with Crippen LogP contribution in [0.4, 0.5) is 8.78 Å². The minimum atomic E-state index is -2.75. The van der Waals surface area contributed by atoms with Crippen molar-refractivity contribution in [3.8, 4) is 17.6 Å². The summed E-state index contributed by atoms with van der Waals surface area (Å²) in [5, 5.41) is 8.24. The van der Waals surface area contributed by atoms with Crippen molar-refractivity contribution in [3.05, 3.63) is 47.8 Å². The first-order chi connectivity index (χ1) is 15.4. The van der Waals surface area contributed by atoms with Crippen molar-refractivity contribution in [3.63, 3.8) is 0 Å². The van der Waals surface area contributed by atoms with Crippen LogP contribution in [0.25, 0.3) is 11.0 Å². The number of fused-ring (bicyclic) bond motifs is 5. The molecule has 9 heteroatoms. The van der Waals surface area contributed by atoms with Crippen molar-refractivity contribution in [1.82, 2.24) is 24.9 Å². The fourth-order valence-electron chi connectivity index (χ4n) is 4.20. The van der Waals surface area contributed by atoms with Gasteiger partial charge in [0.05, 0.1) is 23.7 Å². The molecule has 2 aromatic heterocycles. The normalized spacial score (nSPS) is 19.5. The highest BCUT2D eigenvalue weighted by Crippen LogP contribution is 2.46. The zero-order valence-corrected chi connectivity index (χ0v) is 17.6. The Bertz CT molecular complexity index is 1260. The highest BCUT2D eigenvalue weighted by molar-refractivity contribution is 5.83. The fraction of sp³-hybridized carbons (Fsp3) is 0.391. The molecule has 2 aliphatic heterocycles. The van der Waals surface area contributed by atoms with Gasteiger partial charge in [0.1, 0.15) is 29.3 Å². The molecule has 5 rings (SSSR count). The molecule has 0 saturated carbocycles. The number of hydrogen-bond donors (Lipinski definition) is 0. The molecule has 0 radical (unpaired) electrons. The van der Waals surface area contributed by atoms with Crippen LogP contribution >= 0.6 is 0 Å². The van der Waals surface area contributed by atoms with Crippen molar-refractivity contribution < 1.29 is 18.3 Å². The first-order valence-electron chi connectivity index (χ1n) is 10.4. The molecule has 2 atom stereocenters. The van der Waals surface area contributed by atoms with Crippen LogP contribution in [0.2, 0.25) is 0 Å². The third-order valence-electron chi connectivity index (χ3n) is 6.06. The van der Waals surface area contributed by atoms with Crippen molar-refractivity contribution in [2.45, 2.75) is 45.4 Å². The van der Waals surface area contributed by atoms with Crippen LogP contribution in [-0.2, 0) is 11.3 Å². The van der Waals surface area contributed by atoms with E-state index < -0.39 is 17.7 Å². The van der Waals surface area contributed by atoms with Gasteiger partial charge in [-0.1, -0.05) is 29.2 Å². The van der Waals surface area contributed by atoms with Gasteiger partial charge < -0.3 is 9.64 Å². The van der Waals surface area contributed by atoms with Crippen molar-refractivity contribution in [2.75, 3.05) is 6.54 Å². The predicted octanol–water partition coefficient (Wildman–Crippen LogP) is 3.20. The fourth-order valence-corrected chi connectivity index (χ4v) is 4.20. The molecule has 2 bridgehead atoms. The number of halogens is 2. The predicted molar refractivity (Wildman–Crippen MR) is 112 cm³/mol. The van der Waals surface area contributed by atoms with E-state index in [1.165, 1.54) is 18.7 Å². The van der Waals surface area contributed by atoms with E-state index >= 15 is 0 Å². The number of carbonyl (C=O) groups excluding carboxylic acids is 1. The number of aromatic nitrogens is 4. The Hall–Kier alpha value is -3.54. The van der Waals surface area contributed by atoms with Crippen LogP contribution in [0, 0.1) is 17.3 Å². The number of nitrogens with zero attached hydrogens (tertiary/aromatic N) is 5. The van der Waals surface area contributed by atoms with E-state index in [1.807, 2.05) is 24.3 Å². The molecule has 1 fully saturated rings. The van der Waals surface area contributed by atoms with Gasteiger partial charge in [-0.05, 0) is 26.0 Å². The number of alkyl halides is 2. The lowest BCUT2D eigenvalue weighted by atomic mass is 9.91. The van der Waals surface area contributed by atoms with Gasteiger partial charge in [-0.25, -0.2) is 13.5 Å². The van der Waals surface area contributed by atoms with Crippen LogP contribution in [-0.4, -0.2) is 49.9 Å². The Morgan fingerprint density at radius 2 is 2.12 bits per heavy atom. The van der Waals surface area contributed by atoms with Crippen molar-refractivity contribution in [1.29, 1.82) is 0 Å². The van der Waals surface area contributed by atoms with E-state index in [-0.39, 0.29) is 18.7 Å². The smallest absolute Gasteiger partial charge is 0.252 e. The summed E-state index contributed by atoms with van der Waals surface area (Å²) < 4.78 is 34.7. The summed E-state index contributed by atoms with van der Waals surface area (Å²) in [6, 6.07) is 7.28. The molecule has 1 aromatic carbocycles. The largest absolute Gasteiger partial charge is 0.487 e. The average molecular weight is 437 g/mol. The number of likely N-dealkylation sites (tertiary alicyclic amines) is 1. The SMILES string of the molecule is CC(C)(C(=O)N1C[C@@H]2C[C@H]1c1cncc(C#CCn3nnc4ccccc43)c1O2)C(F)F. The summed E-state index contributed by atoms with van der Waals surface area (Å²) in [5.74, 6) is 6.16. The Morgan fingerprint density at radius 3 is 2.94 bits per heavy atom. The van der Waals surface area contributed by atoms with E-state index in [9.17, 15) is 13.6 Å². The number of hydrogen-bond acceptors (Lipinski definition) is 5. The van der Waals surface area contributed by atoms with Crippen LogP contribution < -0.4 is 4.74 Å². The quantitative estimate of drug-likeness (QED) is 0.589. The van der Waals surface area contributed by atoms with Gasteiger partial charge in [0.2, 0.25) is 5.91 Å². The number of ether oxygens (including phenoxy) is 1. The van der Waals surface area contributed by atoms with E-state index in [0.717, 1.165) is 11.0 Å². The second kappa shape index (κ2) is 7.55. The average Bonchev–Trinajstić information content (AvgIpc) is 3.35. The Morgan fingerprint density at radius 1 is 1.31 bits per heavy atom. The zero-order chi connectivity index (χ0) is 22.5. The first-order valence-corrected chi connectivity index (χ1v) is 10.4. The monoisotopic (exact) mass is 437 g/mol. The topological polar surface area (TPSA) is 73.1 Å². The van der Waals surface area contributed by atoms with Gasteiger partial charge in [0.15, 0.2) is 0 Å². The minimum absolute atomic E-state index is 0.257. The molecule has 0 unspecified atom stereocenters. The van der Waals surface area contributed by atoms with E-state index in [1.54, 1.807) is 17.1 Å². The minimum Gasteiger partial charge on any atom is -0.487 e. The summed E-state index contributed by atoms with van der Waals surface area (Å²) in [4.78, 5) is 18.7. The van der Waals surface area contributed by atoms with Crippen molar-refractivity contribution in [2.24, 2.45) is 5.41 Å². The van der Waals surface area contributed by atoms with Crippen LogP contribution in [0.15, 0.2) is 36.7 Å². The van der Waals surface area contributed by atoms with Gasteiger partial charge in [-0.2, -0.15) is 0 Å². The molecule has 0 aliphatic carbocycles. The van der Waals surface area contributed by atoms with Crippen LogP contribution in [0.1, 0.15) is 37.4 Å². The lowest BCUT2D eigenvalue weighted by Gasteiger charge is -2.32. The summed E-state index contributed by atoms with van der Waals surface area (Å²) in [5.41, 5.74) is 1.23. The van der Waals surface area contributed by atoms with Gasteiger partial charge >= 0.3 is 0 Å². The maximum Gasteiger partial charge on any atom is 0.252 e. The number of rotatable bonds is 3. The van der Waals surface area contributed by atoms with Gasteiger partial charge in [-0.15, -0.1) is 5.10 Å². The Balaban J connectivity index is 1.42.